The molecule has 1 amide bonds. The molecule has 5 atom stereocenters. The first-order valence-corrected chi connectivity index (χ1v) is 16.0. The maximum atomic E-state index is 14.8. The molecule has 244 valence electrons. The van der Waals surface area contributed by atoms with E-state index < -0.39 is 24.3 Å². The number of aliphatic hydroxyl groups is 1. The SMILES string of the molecule is C/C(=C\c1cc(F)cc(N(C)C2CCOCC2)c1)[C@H]1OC(=O)C[C@H](O)CC[C@H](C)[C@H](OC(=O)N2CCN(C)CC2)/C=C/[C@@H]1C. The van der Waals surface area contributed by atoms with Gasteiger partial charge in [-0.3, -0.25) is 4.79 Å². The van der Waals surface area contributed by atoms with Crippen molar-refractivity contribution in [2.45, 2.75) is 77.2 Å². The van der Waals surface area contributed by atoms with Crippen LogP contribution in [0.2, 0.25) is 0 Å². The van der Waals surface area contributed by atoms with Crippen LogP contribution in [0.3, 0.4) is 0 Å². The summed E-state index contributed by atoms with van der Waals surface area (Å²) in [7, 11) is 4.01. The standard InChI is InChI=1S/C34H50FN3O6/c1-23-6-8-30(39)22-32(40)44-33(24(2)7-9-31(23)43-34(41)38-14-12-36(4)13-15-38)25(3)18-26-19-27(35)21-29(20-26)37(5)28-10-16-42-17-11-28/h7,9,18-21,23-24,28,30-31,33,39H,6,8,10-17,22H2,1-5H3/b9-7+,25-18+/t23-,24-,30+,31+,33-/m0/s1. The monoisotopic (exact) mass is 615 g/mol. The van der Waals surface area contributed by atoms with Gasteiger partial charge in [-0.2, -0.15) is 0 Å². The van der Waals surface area contributed by atoms with Gasteiger partial charge in [0.15, 0.2) is 0 Å². The van der Waals surface area contributed by atoms with E-state index in [9.17, 15) is 19.1 Å². The number of hydrogen-bond acceptors (Lipinski definition) is 8. The lowest BCUT2D eigenvalue weighted by Crippen LogP contribution is -2.48. The number of nitrogens with zero attached hydrogens (tertiary/aromatic N) is 3. The lowest BCUT2D eigenvalue weighted by atomic mass is 9.91. The Morgan fingerprint density at radius 1 is 1.07 bits per heavy atom. The second-order valence-electron chi connectivity index (χ2n) is 12.8. The zero-order chi connectivity index (χ0) is 31.8. The number of ether oxygens (including phenoxy) is 3. The summed E-state index contributed by atoms with van der Waals surface area (Å²) in [4.78, 5) is 32.0. The summed E-state index contributed by atoms with van der Waals surface area (Å²) in [6, 6.07) is 5.23. The first kappa shape index (κ1) is 33.9. The number of likely N-dealkylation sites (N-methyl/N-ethyl adjacent to an activating group) is 1. The predicted octanol–water partition coefficient (Wildman–Crippen LogP) is 4.88. The number of aliphatic hydroxyl groups excluding tert-OH is 1. The van der Waals surface area contributed by atoms with Gasteiger partial charge in [-0.05, 0) is 81.0 Å². The summed E-state index contributed by atoms with van der Waals surface area (Å²) in [5.41, 5.74) is 2.19. The molecule has 1 aromatic rings. The van der Waals surface area contributed by atoms with Crippen LogP contribution in [0.1, 0.15) is 58.4 Å². The van der Waals surface area contributed by atoms with Crippen LogP contribution in [0.25, 0.3) is 6.08 Å². The van der Waals surface area contributed by atoms with Gasteiger partial charge in [0, 0.05) is 64.1 Å². The van der Waals surface area contributed by atoms with E-state index in [1.54, 1.807) is 4.90 Å². The Hall–Kier alpha value is -2.95. The number of piperazine rings is 1. The molecule has 0 spiro atoms. The van der Waals surface area contributed by atoms with Gasteiger partial charge in [-0.1, -0.05) is 26.0 Å². The molecule has 1 aromatic carbocycles. The van der Waals surface area contributed by atoms with E-state index in [-0.39, 0.29) is 36.2 Å². The Morgan fingerprint density at radius 3 is 2.48 bits per heavy atom. The maximum Gasteiger partial charge on any atom is 0.410 e. The van der Waals surface area contributed by atoms with Gasteiger partial charge in [-0.15, -0.1) is 0 Å². The van der Waals surface area contributed by atoms with Crippen molar-refractivity contribution >= 4 is 23.8 Å². The number of amides is 1. The molecule has 0 unspecified atom stereocenters. The minimum absolute atomic E-state index is 0.0616. The number of halogens is 1. The number of carbonyl (C=O) groups excluding carboxylic acids is 2. The Kier molecular flexibility index (Phi) is 12.2. The summed E-state index contributed by atoms with van der Waals surface area (Å²) < 4.78 is 32.2. The van der Waals surface area contributed by atoms with Gasteiger partial charge in [0.05, 0.1) is 12.5 Å². The first-order chi connectivity index (χ1) is 21.0. The zero-order valence-electron chi connectivity index (χ0n) is 26.9. The molecule has 2 saturated heterocycles. The fourth-order valence-electron chi connectivity index (χ4n) is 6.14. The molecule has 9 nitrogen and oxygen atoms in total. The van der Waals surface area contributed by atoms with Gasteiger partial charge in [0.25, 0.3) is 0 Å². The highest BCUT2D eigenvalue weighted by Crippen LogP contribution is 2.28. The van der Waals surface area contributed by atoms with Gasteiger partial charge in [-0.25, -0.2) is 9.18 Å². The Morgan fingerprint density at radius 2 is 1.77 bits per heavy atom. The van der Waals surface area contributed by atoms with Crippen molar-refractivity contribution in [2.75, 3.05) is 58.4 Å². The van der Waals surface area contributed by atoms with E-state index in [1.165, 1.54) is 12.1 Å². The van der Waals surface area contributed by atoms with Crippen LogP contribution >= 0.6 is 0 Å². The Labute approximate surface area is 261 Å². The largest absolute Gasteiger partial charge is 0.457 e. The average Bonchev–Trinajstić information content (AvgIpc) is 3.00. The van der Waals surface area contributed by atoms with Crippen LogP contribution in [-0.4, -0.2) is 105 Å². The van der Waals surface area contributed by atoms with Crippen LogP contribution in [0.5, 0.6) is 0 Å². The highest BCUT2D eigenvalue weighted by Gasteiger charge is 2.29. The molecule has 0 aliphatic carbocycles. The Balaban J connectivity index is 1.56. The number of esters is 1. The van der Waals surface area contributed by atoms with Crippen LogP contribution in [0.15, 0.2) is 35.9 Å². The van der Waals surface area contributed by atoms with Crippen molar-refractivity contribution < 1.29 is 33.3 Å². The van der Waals surface area contributed by atoms with E-state index in [2.05, 4.69) is 9.80 Å². The predicted molar refractivity (Wildman–Crippen MR) is 169 cm³/mol. The minimum Gasteiger partial charge on any atom is -0.457 e. The summed E-state index contributed by atoms with van der Waals surface area (Å²) >= 11 is 0. The van der Waals surface area contributed by atoms with Crippen LogP contribution < -0.4 is 4.90 Å². The van der Waals surface area contributed by atoms with Crippen molar-refractivity contribution in [1.29, 1.82) is 0 Å². The molecule has 0 aromatic heterocycles. The first-order valence-electron chi connectivity index (χ1n) is 16.0. The molecule has 3 aliphatic rings. The molecule has 3 aliphatic heterocycles. The average molecular weight is 616 g/mol. The van der Waals surface area contributed by atoms with Gasteiger partial charge >= 0.3 is 12.1 Å². The van der Waals surface area contributed by atoms with E-state index in [1.807, 2.05) is 59.2 Å². The quantitative estimate of drug-likeness (QED) is 0.370. The molecule has 0 saturated carbocycles. The van der Waals surface area contributed by atoms with Gasteiger partial charge in [0.1, 0.15) is 18.0 Å². The topological polar surface area (TPSA) is 91.8 Å². The summed E-state index contributed by atoms with van der Waals surface area (Å²) in [6.45, 7) is 10.0. The molecular weight excluding hydrogens is 565 g/mol. The maximum absolute atomic E-state index is 14.8. The normalized spacial score (nSPS) is 29.2. The van der Waals surface area contributed by atoms with Crippen LogP contribution in [-0.2, 0) is 19.0 Å². The second-order valence-corrected chi connectivity index (χ2v) is 12.8. The van der Waals surface area contributed by atoms with E-state index in [0.717, 1.165) is 37.2 Å². The third kappa shape index (κ3) is 9.52. The molecule has 4 rings (SSSR count). The number of benzene rings is 1. The van der Waals surface area contributed by atoms with Crippen molar-refractivity contribution in [1.82, 2.24) is 9.80 Å². The molecule has 2 fully saturated rings. The second kappa shape index (κ2) is 15.9. The number of anilines is 1. The number of rotatable bonds is 5. The minimum atomic E-state index is -0.867. The van der Waals surface area contributed by atoms with Gasteiger partial charge < -0.3 is 34.0 Å². The highest BCUT2D eigenvalue weighted by molar-refractivity contribution is 5.71. The fourth-order valence-corrected chi connectivity index (χ4v) is 6.14. The van der Waals surface area contributed by atoms with Crippen molar-refractivity contribution in [2.24, 2.45) is 11.8 Å². The third-order valence-corrected chi connectivity index (χ3v) is 9.15. The van der Waals surface area contributed by atoms with Crippen molar-refractivity contribution in [3.63, 3.8) is 0 Å². The lowest BCUT2D eigenvalue weighted by molar-refractivity contribution is -0.151. The van der Waals surface area contributed by atoms with Crippen LogP contribution in [0.4, 0.5) is 14.9 Å². The van der Waals surface area contributed by atoms with Gasteiger partial charge in [0.2, 0.25) is 0 Å². The zero-order valence-corrected chi connectivity index (χ0v) is 26.9. The molecule has 10 heteroatoms. The molecule has 3 heterocycles. The van der Waals surface area contributed by atoms with E-state index >= 15 is 0 Å². The van der Waals surface area contributed by atoms with Crippen molar-refractivity contribution in [3.05, 3.63) is 47.3 Å². The van der Waals surface area contributed by atoms with E-state index in [4.69, 9.17) is 14.2 Å². The summed E-state index contributed by atoms with van der Waals surface area (Å²) in [5, 5.41) is 10.6. The third-order valence-electron chi connectivity index (χ3n) is 9.15. The Bertz CT molecular complexity index is 1180. The molecule has 1 N–H and O–H groups in total. The van der Waals surface area contributed by atoms with Crippen molar-refractivity contribution in [3.8, 4) is 0 Å². The fraction of sp³-hybridized carbons (Fsp3) is 0.647. The summed E-state index contributed by atoms with van der Waals surface area (Å²) in [5.74, 6) is -1.16. The van der Waals surface area contributed by atoms with Crippen LogP contribution in [0, 0.1) is 17.7 Å². The number of hydrogen-bond donors (Lipinski definition) is 1. The van der Waals surface area contributed by atoms with E-state index in [0.29, 0.717) is 44.7 Å². The lowest BCUT2D eigenvalue weighted by Gasteiger charge is -2.33. The summed E-state index contributed by atoms with van der Waals surface area (Å²) in [6.07, 6.45) is 5.91. The molecular formula is C34H50FN3O6. The number of carbonyl (C=O) groups is 2. The molecule has 0 bridgehead atoms. The molecule has 0 radical (unpaired) electrons. The highest BCUT2D eigenvalue weighted by atomic mass is 19.1. The number of cyclic esters (lactones) is 1. The smallest absolute Gasteiger partial charge is 0.410 e. The molecule has 44 heavy (non-hydrogen) atoms.